The predicted octanol–water partition coefficient (Wildman–Crippen LogP) is 2.54. The van der Waals surface area contributed by atoms with E-state index < -0.39 is 5.97 Å². The molecule has 2 heterocycles. The number of rotatable bonds is 5. The van der Waals surface area contributed by atoms with Gasteiger partial charge in [-0.05, 0) is 44.9 Å². The fraction of sp³-hybridized carbons (Fsp3) is 0.476. The van der Waals surface area contributed by atoms with Crippen molar-refractivity contribution in [3.63, 3.8) is 0 Å². The first-order chi connectivity index (χ1) is 13.5. The fourth-order valence-corrected chi connectivity index (χ4v) is 3.56. The van der Waals surface area contributed by atoms with E-state index in [2.05, 4.69) is 5.10 Å². The second-order valence-electron chi connectivity index (χ2n) is 7.61. The Balaban J connectivity index is 1.46. The van der Waals surface area contributed by atoms with Gasteiger partial charge in [-0.3, -0.25) is 4.79 Å². The summed E-state index contributed by atoms with van der Waals surface area (Å²) in [6.07, 6.45) is 2.13. The molecule has 7 nitrogen and oxygen atoms in total. The van der Waals surface area contributed by atoms with Crippen molar-refractivity contribution < 1.29 is 19.1 Å². The van der Waals surface area contributed by atoms with Gasteiger partial charge in [-0.2, -0.15) is 5.10 Å². The molecule has 2 atom stereocenters. The second-order valence-corrected chi connectivity index (χ2v) is 7.61. The summed E-state index contributed by atoms with van der Waals surface area (Å²) in [6.45, 7) is 4.60. The molecule has 2 fully saturated rings. The average Bonchev–Trinajstić information content (AvgIpc) is 3.44. The lowest BCUT2D eigenvalue weighted by atomic mass is 10.2. The molecule has 0 spiro atoms. The van der Waals surface area contributed by atoms with Crippen LogP contribution in [0.15, 0.2) is 36.4 Å². The van der Waals surface area contributed by atoms with Gasteiger partial charge < -0.3 is 14.4 Å². The summed E-state index contributed by atoms with van der Waals surface area (Å²) in [7, 11) is 0. The Morgan fingerprint density at radius 3 is 2.46 bits per heavy atom. The standard InChI is InChI=1S/C21H25N3O4/c1-14-11-23(12-15(2)28-14)20(25)13-27-21(26)19-10-18(16-8-9-16)22-24(19)17-6-4-3-5-7-17/h3-7,10,14-16H,8-9,11-13H2,1-2H3. The maximum absolute atomic E-state index is 12.7. The highest BCUT2D eigenvalue weighted by atomic mass is 16.5. The van der Waals surface area contributed by atoms with Crippen LogP contribution in [0.1, 0.15) is 48.8 Å². The maximum Gasteiger partial charge on any atom is 0.357 e. The largest absolute Gasteiger partial charge is 0.451 e. The first-order valence-corrected chi connectivity index (χ1v) is 9.77. The van der Waals surface area contributed by atoms with Crippen LogP contribution in [0, 0.1) is 0 Å². The smallest absolute Gasteiger partial charge is 0.357 e. The number of hydrogen-bond donors (Lipinski definition) is 0. The van der Waals surface area contributed by atoms with Crippen LogP contribution >= 0.6 is 0 Å². The third-order valence-corrected chi connectivity index (χ3v) is 5.03. The summed E-state index contributed by atoms with van der Waals surface area (Å²) in [5, 5.41) is 4.60. The lowest BCUT2D eigenvalue weighted by Crippen LogP contribution is -2.49. The highest BCUT2D eigenvalue weighted by molar-refractivity contribution is 5.90. The van der Waals surface area contributed by atoms with E-state index in [1.807, 2.05) is 44.2 Å². The third kappa shape index (κ3) is 4.09. The summed E-state index contributed by atoms with van der Waals surface area (Å²) >= 11 is 0. The molecule has 1 saturated heterocycles. The number of carbonyl (C=O) groups is 2. The number of esters is 1. The van der Waals surface area contributed by atoms with Gasteiger partial charge >= 0.3 is 5.97 Å². The molecule has 0 bridgehead atoms. The quantitative estimate of drug-likeness (QED) is 0.742. The molecule has 28 heavy (non-hydrogen) atoms. The van der Waals surface area contributed by atoms with E-state index >= 15 is 0 Å². The molecule has 2 aliphatic rings. The Kier molecular flexibility index (Phi) is 5.17. The van der Waals surface area contributed by atoms with Crippen molar-refractivity contribution in [1.29, 1.82) is 0 Å². The number of nitrogens with zero attached hydrogens (tertiary/aromatic N) is 3. The normalized spacial score (nSPS) is 22.1. The summed E-state index contributed by atoms with van der Waals surface area (Å²) in [4.78, 5) is 26.9. The zero-order valence-electron chi connectivity index (χ0n) is 16.2. The van der Waals surface area contributed by atoms with Gasteiger partial charge in [-0.25, -0.2) is 9.48 Å². The van der Waals surface area contributed by atoms with Crippen LogP contribution in [0.2, 0.25) is 0 Å². The first-order valence-electron chi connectivity index (χ1n) is 9.77. The molecular formula is C21H25N3O4. The highest BCUT2D eigenvalue weighted by Gasteiger charge is 2.30. The molecule has 1 aromatic heterocycles. The molecule has 7 heteroatoms. The minimum absolute atomic E-state index is 0.0241. The van der Waals surface area contributed by atoms with E-state index in [0.717, 1.165) is 24.2 Å². The molecule has 148 valence electrons. The molecule has 2 aromatic rings. The number of aromatic nitrogens is 2. The topological polar surface area (TPSA) is 73.7 Å². The summed E-state index contributed by atoms with van der Waals surface area (Å²) < 4.78 is 12.6. The van der Waals surface area contributed by atoms with E-state index in [-0.39, 0.29) is 24.7 Å². The van der Waals surface area contributed by atoms with Crippen LogP contribution in [0.4, 0.5) is 0 Å². The number of carbonyl (C=O) groups excluding carboxylic acids is 2. The molecule has 0 radical (unpaired) electrons. The van der Waals surface area contributed by atoms with Gasteiger partial charge in [0.2, 0.25) is 0 Å². The minimum atomic E-state index is -0.536. The summed E-state index contributed by atoms with van der Waals surface area (Å²) in [6, 6.07) is 11.3. The second kappa shape index (κ2) is 7.75. The minimum Gasteiger partial charge on any atom is -0.451 e. The van der Waals surface area contributed by atoms with E-state index in [1.54, 1.807) is 15.6 Å². The number of amides is 1. The lowest BCUT2D eigenvalue weighted by molar-refractivity contribution is -0.146. The van der Waals surface area contributed by atoms with E-state index in [9.17, 15) is 9.59 Å². The van der Waals surface area contributed by atoms with Gasteiger partial charge in [0.05, 0.1) is 23.6 Å². The first kappa shape index (κ1) is 18.7. The van der Waals surface area contributed by atoms with E-state index in [1.165, 1.54) is 0 Å². The third-order valence-electron chi connectivity index (χ3n) is 5.03. The molecule has 1 aromatic carbocycles. The van der Waals surface area contributed by atoms with E-state index in [4.69, 9.17) is 9.47 Å². The molecule has 1 amide bonds. The van der Waals surface area contributed by atoms with Crippen molar-refractivity contribution in [2.24, 2.45) is 0 Å². The molecule has 0 N–H and O–H groups in total. The predicted molar refractivity (Wildman–Crippen MR) is 102 cm³/mol. The summed E-state index contributed by atoms with van der Waals surface area (Å²) in [5.41, 5.74) is 2.05. The number of benzene rings is 1. The number of para-hydroxylation sites is 1. The van der Waals surface area contributed by atoms with Crippen LogP contribution < -0.4 is 0 Å². The fourth-order valence-electron chi connectivity index (χ4n) is 3.56. The van der Waals surface area contributed by atoms with Crippen molar-refractivity contribution in [3.8, 4) is 5.69 Å². The van der Waals surface area contributed by atoms with Crippen LogP contribution in [0.25, 0.3) is 5.69 Å². The SMILES string of the molecule is CC1CN(C(=O)COC(=O)c2cc(C3CC3)nn2-c2ccccc2)CC(C)O1. The number of hydrogen-bond acceptors (Lipinski definition) is 5. The Labute approximate surface area is 164 Å². The highest BCUT2D eigenvalue weighted by Crippen LogP contribution is 2.39. The molecule has 1 aliphatic carbocycles. The van der Waals surface area contributed by atoms with Gasteiger partial charge in [-0.15, -0.1) is 0 Å². The maximum atomic E-state index is 12.7. The van der Waals surface area contributed by atoms with Crippen molar-refractivity contribution in [1.82, 2.24) is 14.7 Å². The van der Waals surface area contributed by atoms with Gasteiger partial charge in [-0.1, -0.05) is 18.2 Å². The Morgan fingerprint density at radius 2 is 1.82 bits per heavy atom. The number of ether oxygens (including phenoxy) is 2. The zero-order chi connectivity index (χ0) is 19.7. The van der Waals surface area contributed by atoms with Gasteiger partial charge in [0.15, 0.2) is 12.3 Å². The molecule has 4 rings (SSSR count). The van der Waals surface area contributed by atoms with Crippen molar-refractivity contribution >= 4 is 11.9 Å². The van der Waals surface area contributed by atoms with Gasteiger partial charge in [0, 0.05) is 19.0 Å². The van der Waals surface area contributed by atoms with Crippen LogP contribution in [-0.4, -0.2) is 58.5 Å². The van der Waals surface area contributed by atoms with Crippen LogP contribution in [0.3, 0.4) is 0 Å². The van der Waals surface area contributed by atoms with Crippen molar-refractivity contribution in [3.05, 3.63) is 47.8 Å². The van der Waals surface area contributed by atoms with Crippen molar-refractivity contribution in [2.45, 2.75) is 44.8 Å². The monoisotopic (exact) mass is 383 g/mol. The van der Waals surface area contributed by atoms with E-state index in [0.29, 0.717) is 24.7 Å². The molecular weight excluding hydrogens is 358 g/mol. The average molecular weight is 383 g/mol. The van der Waals surface area contributed by atoms with Gasteiger partial charge in [0.25, 0.3) is 5.91 Å². The number of morpholine rings is 1. The zero-order valence-corrected chi connectivity index (χ0v) is 16.2. The lowest BCUT2D eigenvalue weighted by Gasteiger charge is -2.35. The van der Waals surface area contributed by atoms with Crippen LogP contribution in [-0.2, 0) is 14.3 Å². The molecule has 1 aliphatic heterocycles. The Morgan fingerprint density at radius 1 is 1.14 bits per heavy atom. The molecule has 2 unspecified atom stereocenters. The molecule has 1 saturated carbocycles. The Hall–Kier alpha value is -2.67. The van der Waals surface area contributed by atoms with Gasteiger partial charge in [0.1, 0.15) is 0 Å². The van der Waals surface area contributed by atoms with Crippen molar-refractivity contribution in [2.75, 3.05) is 19.7 Å². The Bertz CT molecular complexity index is 850. The van der Waals surface area contributed by atoms with Crippen LogP contribution in [0.5, 0.6) is 0 Å². The summed E-state index contributed by atoms with van der Waals surface area (Å²) in [5.74, 6) is -0.330.